The summed E-state index contributed by atoms with van der Waals surface area (Å²) < 4.78 is 6.80. The monoisotopic (exact) mass is 460 g/mol. The standard InChI is InChI=1S/C30H52O3/c1-19(9-8-13-26(2,3)32)20-11-16-30-18-33-22-17-23-27(4,5)24(31)12-14-28(23,6)21(25(22)30)10-15-29(20,30)7/h19-25,31-32H,8-18H2,1-7H3/t19-,20-,21?,22?,23+,24+,25?,28-,29-,30-/m1/s1. The molecule has 0 aromatic carbocycles. The van der Waals surface area contributed by atoms with Crippen LogP contribution in [0.25, 0.3) is 0 Å². The molecule has 33 heavy (non-hydrogen) atoms. The molecule has 4 aliphatic carbocycles. The highest BCUT2D eigenvalue weighted by Crippen LogP contribution is 2.77. The van der Waals surface area contributed by atoms with Crippen LogP contribution < -0.4 is 0 Å². The van der Waals surface area contributed by atoms with Gasteiger partial charge in [-0.05, 0) is 111 Å². The van der Waals surface area contributed by atoms with E-state index in [0.29, 0.717) is 28.3 Å². The molecule has 5 rings (SSSR count). The smallest absolute Gasteiger partial charge is 0.0615 e. The van der Waals surface area contributed by atoms with Gasteiger partial charge < -0.3 is 14.9 Å². The van der Waals surface area contributed by atoms with Gasteiger partial charge in [-0.2, -0.15) is 0 Å². The van der Waals surface area contributed by atoms with Crippen molar-refractivity contribution in [2.75, 3.05) is 6.61 Å². The molecular weight excluding hydrogens is 408 g/mol. The Morgan fingerprint density at radius 3 is 2.45 bits per heavy atom. The molecule has 0 radical (unpaired) electrons. The number of hydrogen-bond acceptors (Lipinski definition) is 3. The zero-order valence-corrected chi connectivity index (χ0v) is 22.6. The van der Waals surface area contributed by atoms with Crippen molar-refractivity contribution in [1.82, 2.24) is 0 Å². The average molecular weight is 461 g/mol. The topological polar surface area (TPSA) is 49.7 Å². The Bertz CT molecular complexity index is 754. The lowest BCUT2D eigenvalue weighted by molar-refractivity contribution is -0.201. The maximum Gasteiger partial charge on any atom is 0.0615 e. The van der Waals surface area contributed by atoms with Gasteiger partial charge in [0.15, 0.2) is 0 Å². The van der Waals surface area contributed by atoms with E-state index in [1.807, 2.05) is 13.8 Å². The van der Waals surface area contributed by atoms with Crippen LogP contribution in [0.3, 0.4) is 0 Å². The second-order valence-electron chi connectivity index (χ2n) is 15.1. The lowest BCUT2D eigenvalue weighted by Gasteiger charge is -2.66. The largest absolute Gasteiger partial charge is 0.393 e. The summed E-state index contributed by atoms with van der Waals surface area (Å²) >= 11 is 0. The zero-order chi connectivity index (χ0) is 24.0. The third-order valence-electron chi connectivity index (χ3n) is 12.8. The molecule has 0 aromatic heterocycles. The van der Waals surface area contributed by atoms with Crippen LogP contribution in [0.2, 0.25) is 0 Å². The molecule has 3 heteroatoms. The molecule has 4 saturated carbocycles. The normalized spacial score (nSPS) is 51.5. The van der Waals surface area contributed by atoms with Crippen LogP contribution >= 0.6 is 0 Å². The number of hydrogen-bond donors (Lipinski definition) is 2. The first-order valence-electron chi connectivity index (χ1n) is 14.3. The molecule has 3 nitrogen and oxygen atoms in total. The summed E-state index contributed by atoms with van der Waals surface area (Å²) in [5.41, 5.74) is 0.557. The van der Waals surface area contributed by atoms with Gasteiger partial charge in [0.1, 0.15) is 0 Å². The summed E-state index contributed by atoms with van der Waals surface area (Å²) in [6, 6.07) is 0. The van der Waals surface area contributed by atoms with Crippen LogP contribution in [-0.4, -0.2) is 34.6 Å². The van der Waals surface area contributed by atoms with E-state index in [1.54, 1.807) is 0 Å². The minimum Gasteiger partial charge on any atom is -0.393 e. The summed E-state index contributed by atoms with van der Waals surface area (Å²) in [5, 5.41) is 21.1. The van der Waals surface area contributed by atoms with E-state index < -0.39 is 5.60 Å². The summed E-state index contributed by atoms with van der Waals surface area (Å²) in [6.07, 6.45) is 12.3. The second kappa shape index (κ2) is 7.69. The van der Waals surface area contributed by atoms with Gasteiger partial charge in [-0.3, -0.25) is 0 Å². The fourth-order valence-electron chi connectivity index (χ4n) is 10.9. The minimum atomic E-state index is -0.541. The Hall–Kier alpha value is -0.120. The van der Waals surface area contributed by atoms with Gasteiger partial charge in [-0.1, -0.05) is 47.5 Å². The van der Waals surface area contributed by atoms with Crippen LogP contribution in [0.4, 0.5) is 0 Å². The lowest BCUT2D eigenvalue weighted by Crippen LogP contribution is -2.63. The van der Waals surface area contributed by atoms with Gasteiger partial charge in [-0.15, -0.1) is 0 Å². The number of rotatable bonds is 5. The molecule has 5 aliphatic rings. The van der Waals surface area contributed by atoms with Gasteiger partial charge in [0, 0.05) is 5.41 Å². The van der Waals surface area contributed by atoms with Crippen LogP contribution in [-0.2, 0) is 4.74 Å². The van der Waals surface area contributed by atoms with Gasteiger partial charge in [0.25, 0.3) is 0 Å². The van der Waals surface area contributed by atoms with E-state index in [4.69, 9.17) is 4.74 Å². The van der Waals surface area contributed by atoms with E-state index in [1.165, 1.54) is 38.5 Å². The molecule has 1 aliphatic heterocycles. The first-order valence-corrected chi connectivity index (χ1v) is 14.3. The van der Waals surface area contributed by atoms with Crippen molar-refractivity contribution in [2.45, 2.75) is 130 Å². The molecular formula is C30H52O3. The predicted molar refractivity (Wildman–Crippen MR) is 134 cm³/mol. The van der Waals surface area contributed by atoms with Crippen molar-refractivity contribution in [1.29, 1.82) is 0 Å². The maximum absolute atomic E-state index is 10.9. The summed E-state index contributed by atoms with van der Waals surface area (Å²) in [6.45, 7) is 17.3. The molecule has 0 aromatic rings. The summed E-state index contributed by atoms with van der Waals surface area (Å²) in [4.78, 5) is 0. The highest BCUT2D eigenvalue weighted by molar-refractivity contribution is 5.21. The highest BCUT2D eigenvalue weighted by atomic mass is 16.5. The molecule has 5 fully saturated rings. The van der Waals surface area contributed by atoms with Gasteiger partial charge >= 0.3 is 0 Å². The minimum absolute atomic E-state index is 0.00889. The Labute approximate surface area is 203 Å². The van der Waals surface area contributed by atoms with Crippen molar-refractivity contribution < 1.29 is 14.9 Å². The van der Waals surface area contributed by atoms with Gasteiger partial charge in [0.2, 0.25) is 0 Å². The fourth-order valence-corrected chi connectivity index (χ4v) is 10.9. The Morgan fingerprint density at radius 2 is 1.76 bits per heavy atom. The van der Waals surface area contributed by atoms with E-state index in [2.05, 4.69) is 34.6 Å². The third-order valence-corrected chi connectivity index (χ3v) is 12.8. The van der Waals surface area contributed by atoms with Crippen molar-refractivity contribution in [3.63, 3.8) is 0 Å². The zero-order valence-electron chi connectivity index (χ0n) is 22.6. The molecule has 1 saturated heterocycles. The Kier molecular flexibility index (Phi) is 5.72. The van der Waals surface area contributed by atoms with Crippen LogP contribution in [0.1, 0.15) is 113 Å². The summed E-state index contributed by atoms with van der Waals surface area (Å²) in [7, 11) is 0. The Balaban J connectivity index is 1.41. The molecule has 3 unspecified atom stereocenters. The van der Waals surface area contributed by atoms with Crippen molar-refractivity contribution >= 4 is 0 Å². The maximum atomic E-state index is 10.9. The fraction of sp³-hybridized carbons (Fsp3) is 1.00. The van der Waals surface area contributed by atoms with Gasteiger partial charge in [0.05, 0.1) is 24.4 Å². The third kappa shape index (κ3) is 3.37. The first-order chi connectivity index (χ1) is 15.3. The molecule has 10 atom stereocenters. The van der Waals surface area contributed by atoms with Crippen molar-refractivity contribution in [2.24, 2.45) is 51.2 Å². The number of aliphatic hydroxyl groups is 2. The van der Waals surface area contributed by atoms with E-state index in [-0.39, 0.29) is 11.5 Å². The van der Waals surface area contributed by atoms with Crippen molar-refractivity contribution in [3.8, 4) is 0 Å². The predicted octanol–water partition coefficient (Wildman–Crippen LogP) is 6.60. The van der Waals surface area contributed by atoms with Crippen LogP contribution in [0.15, 0.2) is 0 Å². The quantitative estimate of drug-likeness (QED) is 0.486. The van der Waals surface area contributed by atoms with E-state index in [9.17, 15) is 10.2 Å². The van der Waals surface area contributed by atoms with Crippen molar-refractivity contribution in [3.05, 3.63) is 0 Å². The van der Waals surface area contributed by atoms with E-state index >= 15 is 0 Å². The molecule has 2 N–H and O–H groups in total. The molecule has 0 bridgehead atoms. The highest BCUT2D eigenvalue weighted by Gasteiger charge is 2.73. The van der Waals surface area contributed by atoms with Gasteiger partial charge in [-0.25, -0.2) is 0 Å². The SMILES string of the molecule is C[C@H](CCCC(C)(C)O)[C@H]1CC[C@]23COC4C[C@H]5C(C)(C)[C@@H](O)CC[C@]5(C)C(CC[C@]12C)C43. The average Bonchev–Trinajstić information content (AvgIpc) is 3.24. The van der Waals surface area contributed by atoms with Crippen LogP contribution in [0.5, 0.6) is 0 Å². The second-order valence-corrected chi connectivity index (χ2v) is 15.1. The van der Waals surface area contributed by atoms with E-state index in [0.717, 1.165) is 56.0 Å². The summed E-state index contributed by atoms with van der Waals surface area (Å²) in [5.74, 6) is 3.56. The number of fused-ring (bicyclic) bond motifs is 2. The number of aliphatic hydroxyl groups excluding tert-OH is 1. The first kappa shape index (κ1) is 24.6. The van der Waals surface area contributed by atoms with Crippen LogP contribution in [0, 0.1) is 51.2 Å². The lowest BCUT2D eigenvalue weighted by atomic mass is 9.38. The Morgan fingerprint density at radius 1 is 1.03 bits per heavy atom. The molecule has 0 amide bonds. The molecule has 190 valence electrons. The molecule has 1 spiro atoms. The number of ether oxygens (including phenoxy) is 1. The molecule has 1 heterocycles.